The van der Waals surface area contributed by atoms with Crippen molar-refractivity contribution in [2.75, 3.05) is 0 Å². The van der Waals surface area contributed by atoms with Gasteiger partial charge in [0.05, 0.1) is 0 Å². The van der Waals surface area contributed by atoms with Gasteiger partial charge in [-0.15, -0.1) is 0 Å². The summed E-state index contributed by atoms with van der Waals surface area (Å²) in [5, 5.41) is 4.49. The molecule has 0 fully saturated rings. The third-order valence-corrected chi connectivity index (χ3v) is 10.3. The smallest absolute Gasteiger partial charge is 0.164 e. The molecule has 0 saturated heterocycles. The van der Waals surface area contributed by atoms with Gasteiger partial charge in [0.2, 0.25) is 0 Å². The maximum absolute atomic E-state index is 6.49. The van der Waals surface area contributed by atoms with Gasteiger partial charge in [-0.05, 0) is 74.5 Å². The van der Waals surface area contributed by atoms with E-state index in [9.17, 15) is 0 Å². The van der Waals surface area contributed by atoms with Crippen LogP contribution in [-0.2, 0) is 5.41 Å². The lowest BCUT2D eigenvalue weighted by Crippen LogP contribution is -2.14. The van der Waals surface area contributed by atoms with Crippen LogP contribution in [-0.4, -0.2) is 15.0 Å². The van der Waals surface area contributed by atoms with E-state index in [2.05, 4.69) is 153 Å². The molecule has 7 aromatic carbocycles. The van der Waals surface area contributed by atoms with Gasteiger partial charge in [-0.1, -0.05) is 135 Å². The zero-order valence-electron chi connectivity index (χ0n) is 27.7. The van der Waals surface area contributed by atoms with Crippen molar-refractivity contribution in [3.05, 3.63) is 163 Å². The Morgan fingerprint density at radius 3 is 1.86 bits per heavy atom. The first kappa shape index (κ1) is 28.6. The Hall–Kier alpha value is -6.39. The quantitative estimate of drug-likeness (QED) is 0.192. The van der Waals surface area contributed by atoms with Crippen molar-refractivity contribution >= 4 is 32.7 Å². The van der Waals surface area contributed by atoms with Crippen LogP contribution in [0.15, 0.2) is 156 Å². The summed E-state index contributed by atoms with van der Waals surface area (Å²) in [6.45, 7) is 4.60. The van der Waals surface area contributed by atoms with E-state index < -0.39 is 0 Å². The summed E-state index contributed by atoms with van der Waals surface area (Å²) in [6, 6.07) is 53.1. The van der Waals surface area contributed by atoms with Gasteiger partial charge in [0.1, 0.15) is 11.2 Å². The molecule has 236 valence electrons. The van der Waals surface area contributed by atoms with Crippen LogP contribution in [0.3, 0.4) is 0 Å². The van der Waals surface area contributed by atoms with Crippen LogP contribution in [0.5, 0.6) is 0 Å². The molecule has 0 amide bonds. The van der Waals surface area contributed by atoms with Gasteiger partial charge in [0, 0.05) is 32.9 Å². The molecule has 0 atom stereocenters. The predicted octanol–water partition coefficient (Wildman–Crippen LogP) is 11.9. The highest BCUT2D eigenvalue weighted by Crippen LogP contribution is 2.49. The third-order valence-electron chi connectivity index (χ3n) is 10.3. The van der Waals surface area contributed by atoms with Gasteiger partial charge in [0.15, 0.2) is 17.5 Å². The van der Waals surface area contributed by atoms with Crippen LogP contribution in [0, 0.1) is 0 Å². The minimum atomic E-state index is -0.0760. The molecule has 9 aromatic rings. The number of hydrogen-bond acceptors (Lipinski definition) is 4. The second-order valence-electron chi connectivity index (χ2n) is 13.7. The van der Waals surface area contributed by atoms with E-state index in [1.165, 1.54) is 27.6 Å². The van der Waals surface area contributed by atoms with Gasteiger partial charge in [-0.2, -0.15) is 0 Å². The average molecular weight is 642 g/mol. The highest BCUT2D eigenvalue weighted by atomic mass is 16.3. The van der Waals surface area contributed by atoms with E-state index in [-0.39, 0.29) is 5.41 Å². The van der Waals surface area contributed by atoms with E-state index >= 15 is 0 Å². The molecule has 0 aliphatic heterocycles. The van der Waals surface area contributed by atoms with Gasteiger partial charge >= 0.3 is 0 Å². The van der Waals surface area contributed by atoms with E-state index in [4.69, 9.17) is 19.4 Å². The molecule has 10 rings (SSSR count). The molecule has 2 aromatic heterocycles. The summed E-state index contributed by atoms with van der Waals surface area (Å²) < 4.78 is 6.49. The lowest BCUT2D eigenvalue weighted by molar-refractivity contribution is 0.660. The van der Waals surface area contributed by atoms with Crippen LogP contribution < -0.4 is 0 Å². The lowest BCUT2D eigenvalue weighted by Gasteiger charge is -2.21. The standard InChI is InChI=1S/C46H31N3O/c1-46(2)38-17-9-8-15-35(38)37-26-32(22-24-39(37)46)44-47-43(31-20-19-28-11-6-7-14-30(28)25-31)48-45(49-44)33-21-23-36-41(27-33)50-40-18-10-16-34(42(36)40)29-12-4-3-5-13-29/h3-27H,1-2H3. The molecule has 50 heavy (non-hydrogen) atoms. The molecule has 0 bridgehead atoms. The lowest BCUT2D eigenvalue weighted by atomic mass is 9.82. The Morgan fingerprint density at radius 2 is 1.04 bits per heavy atom. The SMILES string of the molecule is CC1(C)c2ccccc2-c2cc(-c3nc(-c4ccc5ccccc5c4)nc(-c4ccc5c(c4)oc4cccc(-c6ccccc6)c45)n3)ccc21. The highest BCUT2D eigenvalue weighted by molar-refractivity contribution is 6.13. The Labute approximate surface area is 289 Å². The van der Waals surface area contributed by atoms with Crippen molar-refractivity contribution in [2.24, 2.45) is 0 Å². The molecule has 0 saturated carbocycles. The molecule has 2 heterocycles. The molecule has 1 aliphatic carbocycles. The van der Waals surface area contributed by atoms with Crippen molar-refractivity contribution < 1.29 is 4.42 Å². The number of benzene rings is 7. The topological polar surface area (TPSA) is 51.8 Å². The number of nitrogens with zero attached hydrogens (tertiary/aromatic N) is 3. The molecular weight excluding hydrogens is 611 g/mol. The fraction of sp³-hybridized carbons (Fsp3) is 0.0652. The van der Waals surface area contributed by atoms with Crippen LogP contribution >= 0.6 is 0 Å². The number of fused-ring (bicyclic) bond motifs is 7. The molecule has 4 nitrogen and oxygen atoms in total. The molecule has 0 radical (unpaired) electrons. The average Bonchev–Trinajstić information content (AvgIpc) is 3.66. The first-order valence-corrected chi connectivity index (χ1v) is 17.0. The number of aromatic nitrogens is 3. The molecule has 0 unspecified atom stereocenters. The third kappa shape index (κ3) is 4.42. The number of hydrogen-bond donors (Lipinski definition) is 0. The summed E-state index contributed by atoms with van der Waals surface area (Å²) >= 11 is 0. The van der Waals surface area contributed by atoms with Gasteiger partial charge < -0.3 is 4.42 Å². The summed E-state index contributed by atoms with van der Waals surface area (Å²) in [5.74, 6) is 1.87. The van der Waals surface area contributed by atoms with E-state index in [1.807, 2.05) is 12.1 Å². The zero-order chi connectivity index (χ0) is 33.4. The summed E-state index contributed by atoms with van der Waals surface area (Å²) in [7, 11) is 0. The van der Waals surface area contributed by atoms with Gasteiger partial charge in [-0.3, -0.25) is 0 Å². The van der Waals surface area contributed by atoms with Crippen LogP contribution in [0.25, 0.3) is 89.1 Å². The van der Waals surface area contributed by atoms with Crippen LogP contribution in [0.1, 0.15) is 25.0 Å². The molecule has 0 spiro atoms. The number of rotatable bonds is 4. The summed E-state index contributed by atoms with van der Waals surface area (Å²) in [6.07, 6.45) is 0. The minimum absolute atomic E-state index is 0.0760. The first-order chi connectivity index (χ1) is 24.5. The van der Waals surface area contributed by atoms with Gasteiger partial charge in [0.25, 0.3) is 0 Å². The number of furan rings is 1. The van der Waals surface area contributed by atoms with E-state index in [0.29, 0.717) is 17.5 Å². The minimum Gasteiger partial charge on any atom is -0.456 e. The van der Waals surface area contributed by atoms with Crippen LogP contribution in [0.2, 0.25) is 0 Å². The molecule has 0 N–H and O–H groups in total. The highest BCUT2D eigenvalue weighted by Gasteiger charge is 2.35. The maximum atomic E-state index is 6.49. The van der Waals surface area contributed by atoms with Crippen molar-refractivity contribution in [2.45, 2.75) is 19.3 Å². The normalized spacial score (nSPS) is 13.2. The van der Waals surface area contributed by atoms with Crippen molar-refractivity contribution in [3.8, 4) is 56.4 Å². The van der Waals surface area contributed by atoms with Crippen molar-refractivity contribution in [1.82, 2.24) is 15.0 Å². The Balaban J connectivity index is 1.16. The van der Waals surface area contributed by atoms with E-state index in [1.54, 1.807) is 0 Å². The second kappa shape index (κ2) is 10.8. The van der Waals surface area contributed by atoms with E-state index in [0.717, 1.165) is 55.1 Å². The van der Waals surface area contributed by atoms with Crippen molar-refractivity contribution in [3.63, 3.8) is 0 Å². The molecule has 1 aliphatic rings. The maximum Gasteiger partial charge on any atom is 0.164 e. The summed E-state index contributed by atoms with van der Waals surface area (Å²) in [4.78, 5) is 15.4. The zero-order valence-corrected chi connectivity index (χ0v) is 27.7. The monoisotopic (exact) mass is 641 g/mol. The fourth-order valence-corrected chi connectivity index (χ4v) is 7.77. The van der Waals surface area contributed by atoms with Gasteiger partial charge in [-0.25, -0.2) is 15.0 Å². The first-order valence-electron chi connectivity index (χ1n) is 17.0. The Bertz CT molecular complexity index is 2790. The summed E-state index contributed by atoms with van der Waals surface area (Å²) in [5.41, 5.74) is 11.8. The Kier molecular flexibility index (Phi) is 6.19. The molecular formula is C46H31N3O. The fourth-order valence-electron chi connectivity index (χ4n) is 7.77. The Morgan fingerprint density at radius 1 is 0.420 bits per heavy atom. The molecule has 4 heteroatoms. The van der Waals surface area contributed by atoms with Crippen molar-refractivity contribution in [1.29, 1.82) is 0 Å². The van der Waals surface area contributed by atoms with Crippen LogP contribution in [0.4, 0.5) is 0 Å². The second-order valence-corrected chi connectivity index (χ2v) is 13.7. The predicted molar refractivity (Wildman–Crippen MR) is 204 cm³/mol. The largest absolute Gasteiger partial charge is 0.456 e.